The van der Waals surface area contributed by atoms with Gasteiger partial charge in [0, 0.05) is 26.9 Å². The van der Waals surface area contributed by atoms with Gasteiger partial charge in [-0.15, -0.1) is 0 Å². The summed E-state index contributed by atoms with van der Waals surface area (Å²) in [6.07, 6.45) is 1.65. The Morgan fingerprint density at radius 2 is 1.08 bits per heavy atom. The van der Waals surface area contributed by atoms with Crippen molar-refractivity contribution in [2.75, 3.05) is 27.3 Å². The third kappa shape index (κ3) is 11.6. The Labute approximate surface area is 260 Å². The van der Waals surface area contributed by atoms with Crippen LogP contribution >= 0.6 is 37.2 Å². The number of hydrogen-bond donors (Lipinski definition) is 2. The first-order valence-electron chi connectivity index (χ1n) is 12.3. The van der Waals surface area contributed by atoms with Crippen LogP contribution in [0.5, 0.6) is 11.5 Å². The number of amides is 2. The van der Waals surface area contributed by atoms with Gasteiger partial charge in [-0.1, -0.05) is 48.5 Å². The number of carbonyl (C=O) groups excluding carboxylic acids is 2. The summed E-state index contributed by atoms with van der Waals surface area (Å²) in [6, 6.07) is 24.5. The fourth-order valence-corrected chi connectivity index (χ4v) is 4.07. The van der Waals surface area contributed by atoms with Gasteiger partial charge in [-0.05, 0) is 69.8 Å². The van der Waals surface area contributed by atoms with E-state index in [1.54, 1.807) is 14.2 Å². The van der Waals surface area contributed by atoms with Gasteiger partial charge in [0.05, 0.1) is 14.2 Å². The number of methoxy groups -OCH3 is 2. The number of carbonyl (C=O) groups is 2. The molecule has 2 N–H and O–H groups in total. The second-order valence-electron chi connectivity index (χ2n) is 8.53. The third-order valence-electron chi connectivity index (χ3n) is 5.90. The van der Waals surface area contributed by atoms with E-state index < -0.39 is 0 Å². The molecule has 0 aliphatic heterocycles. The monoisotopic (exact) mass is 867 g/mol. The maximum atomic E-state index is 10.9. The van der Waals surface area contributed by atoms with Crippen LogP contribution in [-0.2, 0) is 22.4 Å². The molecule has 0 bridgehead atoms. The molecule has 2 amide bonds. The second kappa shape index (κ2) is 18.5. The Morgan fingerprint density at radius 3 is 1.41 bits per heavy atom. The Hall–Kier alpha value is -1.87. The zero-order valence-corrected chi connectivity index (χ0v) is 29.0. The number of ether oxygens (including phenoxy) is 2. The molecular weight excluding hydrogens is 833 g/mol. The molecule has 0 aliphatic rings. The predicted octanol–water partition coefficient (Wildman–Crippen LogP) is 3.83. The first-order chi connectivity index (χ1) is 18.8. The summed E-state index contributed by atoms with van der Waals surface area (Å²) in [5, 5.41) is 10.4. The summed E-state index contributed by atoms with van der Waals surface area (Å²) in [4.78, 5) is 21.7. The zero-order valence-electron chi connectivity index (χ0n) is 22.5. The normalized spacial score (nSPS) is 10.1. The molecule has 0 radical (unpaired) electrons. The summed E-state index contributed by atoms with van der Waals surface area (Å²) >= 11 is 5.30. The molecular formula is C30H34I3N2O4-. The van der Waals surface area contributed by atoms with Crippen molar-refractivity contribution < 1.29 is 32.3 Å². The van der Waals surface area contributed by atoms with Crippen LogP contribution in [0.1, 0.15) is 25.0 Å². The fourth-order valence-electron chi connectivity index (χ4n) is 4.07. The van der Waals surface area contributed by atoms with E-state index >= 15 is 0 Å². The molecule has 0 fully saturated rings. The minimum absolute atomic E-state index is 0.00724. The maximum absolute atomic E-state index is 10.9. The van der Waals surface area contributed by atoms with Gasteiger partial charge in [0.25, 0.3) is 0 Å². The molecule has 0 saturated heterocycles. The van der Waals surface area contributed by atoms with Crippen molar-refractivity contribution >= 4 is 70.6 Å². The Kier molecular flexibility index (Phi) is 15.8. The van der Waals surface area contributed by atoms with Gasteiger partial charge in [0.1, 0.15) is 11.5 Å². The summed E-state index contributed by atoms with van der Waals surface area (Å²) < 4.78 is 10.5. The molecule has 0 unspecified atom stereocenters. The number of nitrogens with one attached hydrogen (secondary N) is 2. The van der Waals surface area contributed by atoms with Gasteiger partial charge >= 0.3 is 50.5 Å². The summed E-state index contributed by atoms with van der Waals surface area (Å²) in [6.45, 7) is 4.38. The Morgan fingerprint density at radius 1 is 0.692 bits per heavy atom. The predicted molar refractivity (Wildman–Crippen MR) is 174 cm³/mol. The van der Waals surface area contributed by atoms with Gasteiger partial charge < -0.3 is 20.1 Å². The molecule has 210 valence electrons. The molecule has 4 aromatic rings. The van der Waals surface area contributed by atoms with Gasteiger partial charge in [-0.2, -0.15) is 0 Å². The Bertz CT molecular complexity index is 1260. The number of halogens is 3. The minimum atomic E-state index is 0.00724. The van der Waals surface area contributed by atoms with Crippen molar-refractivity contribution in [3.8, 4) is 11.5 Å². The van der Waals surface area contributed by atoms with Crippen molar-refractivity contribution in [1.29, 1.82) is 0 Å². The van der Waals surface area contributed by atoms with E-state index in [1.807, 2.05) is 36.4 Å². The molecule has 0 heterocycles. The van der Waals surface area contributed by atoms with Crippen LogP contribution in [0.25, 0.3) is 21.5 Å². The van der Waals surface area contributed by atoms with E-state index in [1.165, 1.54) is 46.5 Å². The fraction of sp³-hybridized carbons (Fsp3) is 0.267. The molecule has 0 saturated carbocycles. The van der Waals surface area contributed by atoms with Crippen LogP contribution in [0.4, 0.5) is 0 Å². The second-order valence-corrected chi connectivity index (χ2v) is 24.8. The van der Waals surface area contributed by atoms with E-state index in [0.717, 1.165) is 24.3 Å². The third-order valence-corrected chi connectivity index (χ3v) is 5.90. The van der Waals surface area contributed by atoms with Crippen molar-refractivity contribution in [3.05, 3.63) is 83.9 Å². The quantitative estimate of drug-likeness (QED) is 0.265. The van der Waals surface area contributed by atoms with E-state index in [9.17, 15) is 9.59 Å². The van der Waals surface area contributed by atoms with E-state index in [-0.39, 0.29) is 11.8 Å². The average molecular weight is 867 g/mol. The summed E-state index contributed by atoms with van der Waals surface area (Å²) in [5.74, 6) is 1.73. The summed E-state index contributed by atoms with van der Waals surface area (Å²) in [5.41, 5.74) is 2.44. The first-order valence-corrected chi connectivity index (χ1v) is 24.9. The van der Waals surface area contributed by atoms with Crippen LogP contribution in [0, 0.1) is 0 Å². The van der Waals surface area contributed by atoms with Crippen LogP contribution in [0.15, 0.2) is 72.8 Å². The molecule has 0 aliphatic carbocycles. The van der Waals surface area contributed by atoms with Crippen molar-refractivity contribution in [1.82, 2.24) is 10.6 Å². The van der Waals surface area contributed by atoms with E-state index in [4.69, 9.17) is 9.47 Å². The van der Waals surface area contributed by atoms with Crippen molar-refractivity contribution in [3.63, 3.8) is 0 Å². The molecule has 4 rings (SSSR count). The zero-order chi connectivity index (χ0) is 28.6. The summed E-state index contributed by atoms with van der Waals surface area (Å²) in [7, 11) is 3.34. The average Bonchev–Trinajstić information content (AvgIpc) is 2.93. The SMILES string of the molecule is COc1ccc2cccc(CCNC(C)=O)c2c1.COc1ccc2cccc(CCNC(C)=O)c2c1.I[I-]I. The number of benzene rings is 4. The number of rotatable bonds is 8. The topological polar surface area (TPSA) is 76.7 Å². The standard InChI is InChI=1S/2C15H17NO2.I3/c2*1-11(17)16-9-8-13-5-3-4-12-6-7-14(18-2)10-15(12)13;1-3-2/h2*3-7,10H,8-9H2,1-2H3,(H,16,17);/q;;-1. The van der Waals surface area contributed by atoms with Crippen molar-refractivity contribution in [2.24, 2.45) is 0 Å². The van der Waals surface area contributed by atoms with Gasteiger partial charge in [0.2, 0.25) is 11.8 Å². The number of fused-ring (bicyclic) bond motifs is 2. The number of hydrogen-bond acceptors (Lipinski definition) is 4. The van der Waals surface area contributed by atoms with Crippen LogP contribution in [0.3, 0.4) is 0 Å². The van der Waals surface area contributed by atoms with Crippen molar-refractivity contribution in [2.45, 2.75) is 26.7 Å². The van der Waals surface area contributed by atoms with Crippen LogP contribution < -0.4 is 33.4 Å². The Balaban J connectivity index is 0.000000249. The molecule has 9 heteroatoms. The van der Waals surface area contributed by atoms with Crippen LogP contribution in [0.2, 0.25) is 0 Å². The molecule has 6 nitrogen and oxygen atoms in total. The van der Waals surface area contributed by atoms with E-state index in [0.29, 0.717) is 26.3 Å². The molecule has 0 spiro atoms. The molecule has 0 aromatic heterocycles. The molecule has 39 heavy (non-hydrogen) atoms. The van der Waals surface area contributed by atoms with Gasteiger partial charge in [0.15, 0.2) is 0 Å². The van der Waals surface area contributed by atoms with E-state index in [2.05, 4.69) is 84.3 Å². The van der Waals surface area contributed by atoms with Gasteiger partial charge in [-0.3, -0.25) is 9.59 Å². The molecule has 0 atom stereocenters. The molecule has 4 aromatic carbocycles. The first kappa shape index (κ1) is 33.3. The van der Waals surface area contributed by atoms with Crippen LogP contribution in [-0.4, -0.2) is 39.1 Å². The van der Waals surface area contributed by atoms with Gasteiger partial charge in [-0.25, -0.2) is 0 Å².